The molecule has 1 unspecified atom stereocenters. The van der Waals surface area contributed by atoms with Crippen molar-refractivity contribution in [3.05, 3.63) is 41.9 Å². The highest BCUT2D eigenvalue weighted by Gasteiger charge is 2.25. The number of likely N-dealkylation sites (N-methyl/N-ethyl adjacent to an activating group) is 2. The van der Waals surface area contributed by atoms with Gasteiger partial charge in [0.1, 0.15) is 0 Å². The van der Waals surface area contributed by atoms with Gasteiger partial charge in [0.05, 0.1) is 17.4 Å². The van der Waals surface area contributed by atoms with Crippen LogP contribution in [0.2, 0.25) is 0 Å². The van der Waals surface area contributed by atoms with Gasteiger partial charge in [-0.1, -0.05) is 6.07 Å². The van der Waals surface area contributed by atoms with E-state index in [9.17, 15) is 8.42 Å². The maximum absolute atomic E-state index is 13.0. The van der Waals surface area contributed by atoms with Crippen molar-refractivity contribution in [2.45, 2.75) is 24.8 Å². The zero-order valence-electron chi connectivity index (χ0n) is 15.8. The lowest BCUT2D eigenvalue weighted by Crippen LogP contribution is -2.54. The Morgan fingerprint density at radius 3 is 2.65 bits per heavy atom. The predicted molar refractivity (Wildman–Crippen MR) is 103 cm³/mol. The second kappa shape index (κ2) is 7.52. The first-order chi connectivity index (χ1) is 12.3. The summed E-state index contributed by atoms with van der Waals surface area (Å²) in [6.45, 7) is 7.01. The number of benzene rings is 1. The summed E-state index contributed by atoms with van der Waals surface area (Å²) < 4.78 is 33.9. The summed E-state index contributed by atoms with van der Waals surface area (Å²) in [6.07, 6.45) is 3.23. The van der Waals surface area contributed by atoms with Crippen LogP contribution in [0.3, 0.4) is 0 Å². The van der Waals surface area contributed by atoms with Crippen molar-refractivity contribution in [2.24, 2.45) is 0 Å². The quantitative estimate of drug-likeness (QED) is 0.864. The molecule has 0 aliphatic carbocycles. The molecule has 0 amide bonds. The normalized spacial score (nSPS) is 19.8. The molecule has 1 aromatic carbocycles. The van der Waals surface area contributed by atoms with Crippen molar-refractivity contribution in [1.82, 2.24) is 14.5 Å². The average Bonchev–Trinajstić information content (AvgIpc) is 3.10. The smallest absolute Gasteiger partial charge is 0.240 e. The van der Waals surface area contributed by atoms with Gasteiger partial charge in [-0.2, -0.15) is 0 Å². The van der Waals surface area contributed by atoms with Gasteiger partial charge >= 0.3 is 0 Å². The molecule has 2 aromatic rings. The van der Waals surface area contributed by atoms with Crippen molar-refractivity contribution in [1.29, 1.82) is 0 Å². The summed E-state index contributed by atoms with van der Waals surface area (Å²) in [6, 6.07) is 5.67. The van der Waals surface area contributed by atoms with Crippen molar-refractivity contribution in [3.63, 3.8) is 0 Å². The lowest BCUT2D eigenvalue weighted by molar-refractivity contribution is 0.117. The Morgan fingerprint density at radius 2 is 1.96 bits per heavy atom. The molecular formula is C19H27N3O3S. The Hall–Kier alpha value is -1.67. The van der Waals surface area contributed by atoms with Crippen molar-refractivity contribution in [2.75, 3.05) is 40.3 Å². The molecule has 0 saturated carbocycles. The monoisotopic (exact) mass is 377 g/mol. The van der Waals surface area contributed by atoms with E-state index < -0.39 is 10.0 Å². The maximum Gasteiger partial charge on any atom is 0.240 e. The Kier molecular flexibility index (Phi) is 5.53. The first-order valence-electron chi connectivity index (χ1n) is 8.80. The number of hydrogen-bond acceptors (Lipinski definition) is 5. The van der Waals surface area contributed by atoms with E-state index in [2.05, 4.69) is 21.6 Å². The van der Waals surface area contributed by atoms with Gasteiger partial charge in [0.15, 0.2) is 0 Å². The predicted octanol–water partition coefficient (Wildman–Crippen LogP) is 2.09. The van der Waals surface area contributed by atoms with Crippen LogP contribution in [0.1, 0.15) is 11.1 Å². The molecule has 1 atom stereocenters. The van der Waals surface area contributed by atoms with Gasteiger partial charge in [0.2, 0.25) is 10.0 Å². The first-order valence-corrected chi connectivity index (χ1v) is 10.3. The third kappa shape index (κ3) is 4.01. The van der Waals surface area contributed by atoms with E-state index in [1.165, 1.54) is 0 Å². The Bertz CT molecular complexity index is 862. The Labute approximate surface area is 155 Å². The Morgan fingerprint density at radius 1 is 1.19 bits per heavy atom. The van der Waals surface area contributed by atoms with E-state index in [1.54, 1.807) is 18.6 Å². The van der Waals surface area contributed by atoms with Crippen LogP contribution in [-0.2, 0) is 10.0 Å². The van der Waals surface area contributed by atoms with Gasteiger partial charge in [-0.15, -0.1) is 0 Å². The molecule has 7 heteroatoms. The molecule has 6 nitrogen and oxygen atoms in total. The summed E-state index contributed by atoms with van der Waals surface area (Å²) in [5.41, 5.74) is 3.53. The van der Waals surface area contributed by atoms with Crippen LogP contribution in [0.4, 0.5) is 0 Å². The molecule has 1 saturated heterocycles. The molecule has 2 heterocycles. The van der Waals surface area contributed by atoms with Crippen LogP contribution in [0, 0.1) is 13.8 Å². The minimum atomic E-state index is -3.59. The summed E-state index contributed by atoms with van der Waals surface area (Å²) in [5.74, 6) is 0. The molecule has 0 radical (unpaired) electrons. The molecule has 1 N–H and O–H groups in total. The maximum atomic E-state index is 13.0. The zero-order valence-corrected chi connectivity index (χ0v) is 16.6. The molecule has 0 bridgehead atoms. The van der Waals surface area contributed by atoms with E-state index in [-0.39, 0.29) is 6.04 Å². The van der Waals surface area contributed by atoms with Gasteiger partial charge < -0.3 is 9.32 Å². The van der Waals surface area contributed by atoms with Gasteiger partial charge in [-0.25, -0.2) is 13.1 Å². The van der Waals surface area contributed by atoms with E-state index in [0.717, 1.165) is 41.9 Å². The highest BCUT2D eigenvalue weighted by Crippen LogP contribution is 2.29. The average molecular weight is 378 g/mol. The number of nitrogens with zero attached hydrogens (tertiary/aromatic N) is 2. The molecule has 1 aliphatic rings. The molecule has 1 aliphatic heterocycles. The molecular weight excluding hydrogens is 350 g/mol. The van der Waals surface area contributed by atoms with Crippen molar-refractivity contribution in [3.8, 4) is 11.1 Å². The summed E-state index contributed by atoms with van der Waals surface area (Å²) >= 11 is 0. The molecule has 1 fully saturated rings. The first kappa shape index (κ1) is 19.1. The van der Waals surface area contributed by atoms with E-state index in [0.29, 0.717) is 11.4 Å². The number of furan rings is 1. The number of hydrogen-bond donors (Lipinski definition) is 1. The fourth-order valence-electron chi connectivity index (χ4n) is 3.46. The largest absolute Gasteiger partial charge is 0.472 e. The van der Waals surface area contributed by atoms with E-state index in [4.69, 9.17) is 4.42 Å². The number of rotatable bonds is 5. The van der Waals surface area contributed by atoms with Gasteiger partial charge in [0.25, 0.3) is 0 Å². The highest BCUT2D eigenvalue weighted by molar-refractivity contribution is 7.89. The summed E-state index contributed by atoms with van der Waals surface area (Å²) in [5, 5.41) is 0. The minimum Gasteiger partial charge on any atom is -0.472 e. The van der Waals surface area contributed by atoms with Crippen LogP contribution < -0.4 is 4.72 Å². The van der Waals surface area contributed by atoms with Gasteiger partial charge in [-0.05, 0) is 56.8 Å². The number of sulfonamides is 1. The third-order valence-electron chi connectivity index (χ3n) is 5.13. The summed E-state index contributed by atoms with van der Waals surface area (Å²) in [7, 11) is 0.520. The fraction of sp³-hybridized carbons (Fsp3) is 0.474. The van der Waals surface area contributed by atoms with Crippen LogP contribution in [-0.4, -0.2) is 64.5 Å². The van der Waals surface area contributed by atoms with Crippen molar-refractivity contribution < 1.29 is 12.8 Å². The molecule has 3 rings (SSSR count). The topological polar surface area (TPSA) is 65.8 Å². The standard InChI is InChI=1S/C19H27N3O3S/c1-14-9-15(2)19(10-18(14)16-5-8-25-13-16)26(23,24)20-11-17-12-21(3)6-7-22(17)4/h5,8-10,13,17,20H,6-7,11-12H2,1-4H3. The van der Waals surface area contributed by atoms with Crippen LogP contribution in [0.15, 0.2) is 40.0 Å². The molecule has 0 spiro atoms. The van der Waals surface area contributed by atoms with E-state index in [1.807, 2.05) is 33.0 Å². The van der Waals surface area contributed by atoms with Crippen LogP contribution in [0.25, 0.3) is 11.1 Å². The molecule has 26 heavy (non-hydrogen) atoms. The van der Waals surface area contributed by atoms with Crippen LogP contribution >= 0.6 is 0 Å². The minimum absolute atomic E-state index is 0.169. The lowest BCUT2D eigenvalue weighted by Gasteiger charge is -2.37. The number of aryl methyl sites for hydroxylation is 2. The highest BCUT2D eigenvalue weighted by atomic mass is 32.2. The number of nitrogens with one attached hydrogen (secondary N) is 1. The molecule has 142 valence electrons. The molecule has 1 aromatic heterocycles. The zero-order chi connectivity index (χ0) is 18.9. The van der Waals surface area contributed by atoms with Crippen molar-refractivity contribution >= 4 is 10.0 Å². The lowest BCUT2D eigenvalue weighted by atomic mass is 10.0. The third-order valence-corrected chi connectivity index (χ3v) is 6.70. The Balaban J connectivity index is 1.84. The summed E-state index contributed by atoms with van der Waals surface area (Å²) in [4.78, 5) is 4.76. The van der Waals surface area contributed by atoms with Crippen LogP contribution in [0.5, 0.6) is 0 Å². The van der Waals surface area contributed by atoms with Gasteiger partial charge in [-0.3, -0.25) is 4.90 Å². The second-order valence-corrected chi connectivity index (χ2v) is 8.93. The van der Waals surface area contributed by atoms with E-state index >= 15 is 0 Å². The fourth-order valence-corrected chi connectivity index (χ4v) is 4.78. The number of piperazine rings is 1. The SMILES string of the molecule is Cc1cc(C)c(S(=O)(=O)NCC2CN(C)CCN2C)cc1-c1ccoc1. The van der Waals surface area contributed by atoms with Gasteiger partial charge in [0, 0.05) is 37.8 Å². The second-order valence-electron chi connectivity index (χ2n) is 7.19.